The van der Waals surface area contributed by atoms with Crippen molar-refractivity contribution >= 4 is 11.5 Å². The molecular formula is C12H18N6. The predicted octanol–water partition coefficient (Wildman–Crippen LogP) is 1.53. The van der Waals surface area contributed by atoms with Crippen molar-refractivity contribution in [3.63, 3.8) is 0 Å². The molecule has 2 rings (SSSR count). The molecule has 96 valence electrons. The lowest BCUT2D eigenvalue weighted by Crippen LogP contribution is -2.07. The number of hydrogen-bond acceptors (Lipinski definition) is 5. The Kier molecular flexibility index (Phi) is 3.45. The van der Waals surface area contributed by atoms with Gasteiger partial charge in [0, 0.05) is 13.2 Å². The first-order chi connectivity index (χ1) is 8.59. The van der Waals surface area contributed by atoms with Crippen LogP contribution in [0.15, 0.2) is 18.3 Å². The van der Waals surface area contributed by atoms with E-state index in [0.717, 1.165) is 17.2 Å². The highest BCUT2D eigenvalue weighted by Crippen LogP contribution is 2.27. The fourth-order valence-corrected chi connectivity index (χ4v) is 1.80. The summed E-state index contributed by atoms with van der Waals surface area (Å²) in [6, 6.07) is 3.77. The third-order valence-electron chi connectivity index (χ3n) is 2.72. The molecule has 0 unspecified atom stereocenters. The minimum absolute atomic E-state index is 0.309. The van der Waals surface area contributed by atoms with E-state index in [1.54, 1.807) is 10.9 Å². The van der Waals surface area contributed by atoms with Gasteiger partial charge in [-0.1, -0.05) is 13.8 Å². The van der Waals surface area contributed by atoms with Crippen LogP contribution in [0.2, 0.25) is 0 Å². The maximum Gasteiger partial charge on any atom is 0.148 e. The molecular weight excluding hydrogens is 228 g/mol. The number of aryl methyl sites for hydroxylation is 1. The molecule has 2 aromatic heterocycles. The first kappa shape index (κ1) is 12.3. The Morgan fingerprint density at radius 2 is 2.22 bits per heavy atom. The van der Waals surface area contributed by atoms with E-state index >= 15 is 0 Å². The normalized spacial score (nSPS) is 10.9. The van der Waals surface area contributed by atoms with Crippen LogP contribution in [0.5, 0.6) is 0 Å². The standard InChI is InChI=1S/C12H18N6/c1-8(2)11-10(13)12(18(3)17-11)14-7-9-5-4-6-15-16-9/h4-6,8,14H,7,13H2,1-3H3. The van der Waals surface area contributed by atoms with Crippen LogP contribution in [-0.4, -0.2) is 20.0 Å². The SMILES string of the molecule is CC(C)c1nn(C)c(NCc2cccnn2)c1N. The Hall–Kier alpha value is -2.11. The molecule has 3 N–H and O–H groups in total. The zero-order valence-electron chi connectivity index (χ0n) is 10.9. The van der Waals surface area contributed by atoms with Crippen LogP contribution in [0, 0.1) is 0 Å². The second-order valence-corrected chi connectivity index (χ2v) is 4.49. The van der Waals surface area contributed by atoms with E-state index in [4.69, 9.17) is 5.73 Å². The van der Waals surface area contributed by atoms with Gasteiger partial charge in [-0.2, -0.15) is 15.3 Å². The molecule has 0 fully saturated rings. The van der Waals surface area contributed by atoms with Gasteiger partial charge in [-0.25, -0.2) is 0 Å². The quantitative estimate of drug-likeness (QED) is 0.855. The summed E-state index contributed by atoms with van der Waals surface area (Å²) in [5.41, 5.74) is 8.57. The molecule has 2 heterocycles. The van der Waals surface area contributed by atoms with Crippen LogP contribution in [0.1, 0.15) is 31.2 Å². The molecule has 0 aliphatic rings. The first-order valence-corrected chi connectivity index (χ1v) is 5.92. The molecule has 6 nitrogen and oxygen atoms in total. The second kappa shape index (κ2) is 5.03. The first-order valence-electron chi connectivity index (χ1n) is 5.92. The summed E-state index contributed by atoms with van der Waals surface area (Å²) < 4.78 is 1.76. The summed E-state index contributed by atoms with van der Waals surface area (Å²) in [6.07, 6.45) is 1.65. The number of rotatable bonds is 4. The largest absolute Gasteiger partial charge is 0.394 e. The van der Waals surface area contributed by atoms with Gasteiger partial charge in [-0.05, 0) is 18.1 Å². The zero-order valence-corrected chi connectivity index (χ0v) is 10.9. The minimum Gasteiger partial charge on any atom is -0.394 e. The highest BCUT2D eigenvalue weighted by atomic mass is 15.3. The van der Waals surface area contributed by atoms with Gasteiger partial charge in [0.25, 0.3) is 0 Å². The van der Waals surface area contributed by atoms with E-state index in [-0.39, 0.29) is 0 Å². The van der Waals surface area contributed by atoms with Crippen LogP contribution in [-0.2, 0) is 13.6 Å². The van der Waals surface area contributed by atoms with Crippen LogP contribution in [0.25, 0.3) is 0 Å². The van der Waals surface area contributed by atoms with Crippen molar-refractivity contribution in [2.24, 2.45) is 7.05 Å². The molecule has 0 atom stereocenters. The lowest BCUT2D eigenvalue weighted by atomic mass is 10.1. The minimum atomic E-state index is 0.309. The molecule has 0 aliphatic carbocycles. The number of anilines is 2. The smallest absolute Gasteiger partial charge is 0.148 e. The molecule has 2 aromatic rings. The number of hydrogen-bond donors (Lipinski definition) is 2. The van der Waals surface area contributed by atoms with Crippen LogP contribution in [0.3, 0.4) is 0 Å². The summed E-state index contributed by atoms with van der Waals surface area (Å²) in [6.45, 7) is 4.73. The predicted molar refractivity (Wildman–Crippen MR) is 71.1 cm³/mol. The molecule has 0 amide bonds. The van der Waals surface area contributed by atoms with Gasteiger partial charge < -0.3 is 11.1 Å². The van der Waals surface area contributed by atoms with E-state index in [1.807, 2.05) is 19.2 Å². The fourth-order valence-electron chi connectivity index (χ4n) is 1.80. The average molecular weight is 246 g/mol. The van der Waals surface area contributed by atoms with Crippen molar-refractivity contribution in [1.82, 2.24) is 20.0 Å². The lowest BCUT2D eigenvalue weighted by molar-refractivity contribution is 0.714. The number of nitrogens with zero attached hydrogens (tertiary/aromatic N) is 4. The molecule has 0 saturated heterocycles. The van der Waals surface area contributed by atoms with Gasteiger partial charge in [-0.15, -0.1) is 0 Å². The van der Waals surface area contributed by atoms with E-state index in [9.17, 15) is 0 Å². The molecule has 0 radical (unpaired) electrons. The van der Waals surface area contributed by atoms with Crippen LogP contribution in [0.4, 0.5) is 11.5 Å². The Morgan fingerprint density at radius 3 is 2.78 bits per heavy atom. The summed E-state index contributed by atoms with van der Waals surface area (Å²) in [4.78, 5) is 0. The molecule has 0 aromatic carbocycles. The monoisotopic (exact) mass is 246 g/mol. The molecule has 18 heavy (non-hydrogen) atoms. The Bertz CT molecular complexity index is 517. The number of nitrogens with one attached hydrogen (secondary N) is 1. The number of aromatic nitrogens is 4. The Labute approximate surface area is 106 Å². The summed E-state index contributed by atoms with van der Waals surface area (Å²) in [5, 5.41) is 15.5. The topological polar surface area (TPSA) is 81.7 Å². The van der Waals surface area contributed by atoms with Gasteiger partial charge in [0.2, 0.25) is 0 Å². The third kappa shape index (κ3) is 2.42. The van der Waals surface area contributed by atoms with E-state index in [0.29, 0.717) is 18.2 Å². The molecule has 0 bridgehead atoms. The number of nitrogens with two attached hydrogens (primary N) is 1. The van der Waals surface area contributed by atoms with Gasteiger partial charge in [0.05, 0.1) is 23.6 Å². The van der Waals surface area contributed by atoms with E-state index in [2.05, 4.69) is 34.5 Å². The van der Waals surface area contributed by atoms with E-state index in [1.165, 1.54) is 0 Å². The molecule has 0 saturated carbocycles. The zero-order chi connectivity index (χ0) is 13.1. The molecule has 0 spiro atoms. The maximum absolute atomic E-state index is 6.09. The third-order valence-corrected chi connectivity index (χ3v) is 2.72. The maximum atomic E-state index is 6.09. The lowest BCUT2D eigenvalue weighted by Gasteiger charge is -2.07. The van der Waals surface area contributed by atoms with Gasteiger partial charge in [0.1, 0.15) is 5.82 Å². The Morgan fingerprint density at radius 1 is 1.44 bits per heavy atom. The van der Waals surface area contributed by atoms with Gasteiger partial charge >= 0.3 is 0 Å². The van der Waals surface area contributed by atoms with Crippen LogP contribution >= 0.6 is 0 Å². The van der Waals surface area contributed by atoms with Crippen LogP contribution < -0.4 is 11.1 Å². The fraction of sp³-hybridized carbons (Fsp3) is 0.417. The van der Waals surface area contributed by atoms with Crippen molar-refractivity contribution < 1.29 is 0 Å². The average Bonchev–Trinajstić information content (AvgIpc) is 2.64. The second-order valence-electron chi connectivity index (χ2n) is 4.49. The Balaban J connectivity index is 2.15. The van der Waals surface area contributed by atoms with Gasteiger partial charge in [-0.3, -0.25) is 4.68 Å². The highest BCUT2D eigenvalue weighted by Gasteiger charge is 2.15. The van der Waals surface area contributed by atoms with Gasteiger partial charge in [0.15, 0.2) is 0 Å². The number of nitrogen functional groups attached to an aromatic ring is 1. The van der Waals surface area contributed by atoms with E-state index < -0.39 is 0 Å². The summed E-state index contributed by atoms with van der Waals surface area (Å²) >= 11 is 0. The molecule has 6 heteroatoms. The van der Waals surface area contributed by atoms with Crippen molar-refractivity contribution in [3.8, 4) is 0 Å². The summed E-state index contributed by atoms with van der Waals surface area (Å²) in [7, 11) is 1.88. The van der Waals surface area contributed by atoms with Crippen molar-refractivity contribution in [2.45, 2.75) is 26.3 Å². The molecule has 0 aliphatic heterocycles. The summed E-state index contributed by atoms with van der Waals surface area (Å²) in [5.74, 6) is 1.13. The van der Waals surface area contributed by atoms with Crippen molar-refractivity contribution in [2.75, 3.05) is 11.1 Å². The van der Waals surface area contributed by atoms with Crippen molar-refractivity contribution in [1.29, 1.82) is 0 Å². The van der Waals surface area contributed by atoms with Crippen molar-refractivity contribution in [3.05, 3.63) is 29.7 Å². The highest BCUT2D eigenvalue weighted by molar-refractivity contribution is 5.65.